The fourth-order valence-electron chi connectivity index (χ4n) is 3.65. The first-order chi connectivity index (χ1) is 15.2. The van der Waals surface area contributed by atoms with Crippen LogP contribution in [0.25, 0.3) is 0 Å². The van der Waals surface area contributed by atoms with E-state index in [0.717, 1.165) is 61.6 Å². The summed E-state index contributed by atoms with van der Waals surface area (Å²) in [4.78, 5) is 14.0. The first kappa shape index (κ1) is 24.4. The summed E-state index contributed by atoms with van der Waals surface area (Å²) >= 11 is 0. The van der Waals surface area contributed by atoms with Crippen LogP contribution in [0.15, 0.2) is 47.6 Å². The molecule has 1 aromatic carbocycles. The van der Waals surface area contributed by atoms with E-state index in [2.05, 4.69) is 45.5 Å². The van der Waals surface area contributed by atoms with Gasteiger partial charge in [0.2, 0.25) is 0 Å². The van der Waals surface area contributed by atoms with Crippen molar-refractivity contribution < 1.29 is 9.47 Å². The van der Waals surface area contributed by atoms with Crippen LogP contribution in [0.2, 0.25) is 0 Å². The van der Waals surface area contributed by atoms with Crippen molar-refractivity contribution in [2.45, 2.75) is 19.6 Å². The van der Waals surface area contributed by atoms with E-state index >= 15 is 0 Å². The highest BCUT2D eigenvalue weighted by atomic mass is 127. The number of likely N-dealkylation sites (N-methyl/N-ethyl adjacent to an activating group) is 1. The predicted octanol–water partition coefficient (Wildman–Crippen LogP) is 2.35. The summed E-state index contributed by atoms with van der Waals surface area (Å²) in [6, 6.07) is 11.9. The quantitative estimate of drug-likeness (QED) is 0.324. The zero-order valence-electron chi connectivity index (χ0n) is 18.8. The molecule has 0 radical (unpaired) electrons. The van der Waals surface area contributed by atoms with Gasteiger partial charge in [0.1, 0.15) is 18.5 Å². The molecule has 2 aromatic rings. The number of pyridine rings is 1. The summed E-state index contributed by atoms with van der Waals surface area (Å²) in [7, 11) is 2.16. The molecule has 0 spiro atoms. The van der Waals surface area contributed by atoms with E-state index in [4.69, 9.17) is 14.5 Å². The minimum Gasteiger partial charge on any atom is -0.486 e. The smallest absolute Gasteiger partial charge is 0.191 e. The number of halogens is 1. The van der Waals surface area contributed by atoms with Gasteiger partial charge in [0.15, 0.2) is 17.5 Å². The Morgan fingerprint density at radius 2 is 1.91 bits per heavy atom. The van der Waals surface area contributed by atoms with Crippen molar-refractivity contribution in [2.24, 2.45) is 4.99 Å². The molecule has 9 heteroatoms. The average Bonchev–Trinajstić information content (AvgIpc) is 2.81. The van der Waals surface area contributed by atoms with Crippen molar-refractivity contribution in [3.05, 3.63) is 48.2 Å². The number of para-hydroxylation sites is 2. The largest absolute Gasteiger partial charge is 0.486 e. The number of rotatable bonds is 6. The third-order valence-corrected chi connectivity index (χ3v) is 5.47. The number of benzene rings is 1. The Balaban J connectivity index is 0.00000289. The second-order valence-electron chi connectivity index (χ2n) is 7.89. The summed E-state index contributed by atoms with van der Waals surface area (Å²) in [5.41, 5.74) is 1.15. The topological polar surface area (TPSA) is 74.3 Å². The van der Waals surface area contributed by atoms with E-state index in [-0.39, 0.29) is 30.1 Å². The molecule has 2 aliphatic rings. The lowest BCUT2D eigenvalue weighted by molar-refractivity contribution is 0.0936. The molecule has 2 aliphatic heterocycles. The van der Waals surface area contributed by atoms with E-state index in [1.165, 1.54) is 0 Å². The minimum absolute atomic E-state index is 0. The monoisotopic (exact) mass is 552 g/mol. The molecule has 1 aromatic heterocycles. The Morgan fingerprint density at radius 3 is 2.69 bits per heavy atom. The minimum atomic E-state index is -0.0662. The van der Waals surface area contributed by atoms with Crippen LogP contribution in [0.5, 0.6) is 11.5 Å². The van der Waals surface area contributed by atoms with Gasteiger partial charge >= 0.3 is 0 Å². The molecule has 32 heavy (non-hydrogen) atoms. The lowest BCUT2D eigenvalue weighted by Crippen LogP contribution is -2.45. The molecule has 3 heterocycles. The van der Waals surface area contributed by atoms with Gasteiger partial charge in [0, 0.05) is 38.9 Å². The van der Waals surface area contributed by atoms with Crippen LogP contribution in [-0.2, 0) is 6.54 Å². The summed E-state index contributed by atoms with van der Waals surface area (Å²) in [6.45, 7) is 8.71. The fourth-order valence-corrected chi connectivity index (χ4v) is 3.65. The van der Waals surface area contributed by atoms with Gasteiger partial charge in [-0.1, -0.05) is 12.1 Å². The van der Waals surface area contributed by atoms with E-state index in [1.54, 1.807) is 0 Å². The molecule has 2 N–H and O–H groups in total. The highest BCUT2D eigenvalue weighted by Gasteiger charge is 2.20. The third-order valence-electron chi connectivity index (χ3n) is 5.47. The van der Waals surface area contributed by atoms with Crippen LogP contribution in [-0.4, -0.2) is 74.9 Å². The van der Waals surface area contributed by atoms with Crippen LogP contribution >= 0.6 is 24.0 Å². The van der Waals surface area contributed by atoms with E-state index < -0.39 is 0 Å². The normalized spacial score (nSPS) is 18.6. The van der Waals surface area contributed by atoms with Crippen molar-refractivity contribution >= 4 is 35.8 Å². The van der Waals surface area contributed by atoms with Crippen LogP contribution in [0.1, 0.15) is 12.5 Å². The molecular weight excluding hydrogens is 519 g/mol. The molecule has 0 saturated carbocycles. The highest BCUT2D eigenvalue weighted by Crippen LogP contribution is 2.30. The lowest BCUT2D eigenvalue weighted by atomic mass is 10.2. The molecule has 8 nitrogen and oxygen atoms in total. The molecule has 1 saturated heterocycles. The van der Waals surface area contributed by atoms with Crippen molar-refractivity contribution in [1.29, 1.82) is 0 Å². The van der Waals surface area contributed by atoms with Crippen LogP contribution in [0.3, 0.4) is 0 Å². The Hall–Kier alpha value is -2.27. The number of aromatic nitrogens is 1. The lowest BCUT2D eigenvalue weighted by Gasteiger charge is -2.33. The number of fused-ring (bicyclic) bond motifs is 1. The zero-order chi connectivity index (χ0) is 21.5. The number of hydrogen-bond acceptors (Lipinski definition) is 6. The SMILES string of the molecule is CCNC(=NCc1ccnc(N2CCN(C)CC2)c1)NCC1COc2ccccc2O1.I. The number of nitrogens with zero attached hydrogens (tertiary/aromatic N) is 4. The second-order valence-corrected chi connectivity index (χ2v) is 7.89. The molecule has 4 rings (SSSR count). The first-order valence-electron chi connectivity index (χ1n) is 11.0. The van der Waals surface area contributed by atoms with Gasteiger partial charge in [-0.05, 0) is 43.8 Å². The van der Waals surface area contributed by atoms with Gasteiger partial charge in [-0.25, -0.2) is 9.98 Å². The molecule has 0 bridgehead atoms. The summed E-state index contributed by atoms with van der Waals surface area (Å²) < 4.78 is 11.8. The van der Waals surface area contributed by atoms with Gasteiger partial charge in [-0.2, -0.15) is 0 Å². The molecule has 1 unspecified atom stereocenters. The van der Waals surface area contributed by atoms with E-state index in [0.29, 0.717) is 19.7 Å². The maximum absolute atomic E-state index is 6.03. The summed E-state index contributed by atoms with van der Waals surface area (Å²) in [5.74, 6) is 3.39. The van der Waals surface area contributed by atoms with Crippen LogP contribution < -0.4 is 25.0 Å². The van der Waals surface area contributed by atoms with Gasteiger partial charge in [0.25, 0.3) is 0 Å². The third kappa shape index (κ3) is 6.61. The zero-order valence-corrected chi connectivity index (χ0v) is 21.1. The number of ether oxygens (including phenoxy) is 2. The van der Waals surface area contributed by atoms with E-state index in [1.807, 2.05) is 36.5 Å². The number of anilines is 1. The standard InChI is InChI=1S/C23H32N6O2.HI/c1-3-24-23(27-16-19-17-30-20-6-4-5-7-21(20)31-19)26-15-18-8-9-25-22(14-18)29-12-10-28(2)11-13-29;/h4-9,14,19H,3,10-13,15-17H2,1-2H3,(H2,24,26,27);1H. The van der Waals surface area contributed by atoms with Crippen molar-refractivity contribution in [3.8, 4) is 11.5 Å². The van der Waals surface area contributed by atoms with E-state index in [9.17, 15) is 0 Å². The van der Waals surface area contributed by atoms with Crippen molar-refractivity contribution in [2.75, 3.05) is 57.8 Å². The molecule has 0 aliphatic carbocycles. The number of piperazine rings is 1. The van der Waals surface area contributed by atoms with Crippen LogP contribution in [0, 0.1) is 0 Å². The maximum atomic E-state index is 6.03. The average molecular weight is 552 g/mol. The van der Waals surface area contributed by atoms with Crippen LogP contribution in [0.4, 0.5) is 5.82 Å². The Morgan fingerprint density at radius 1 is 1.12 bits per heavy atom. The predicted molar refractivity (Wildman–Crippen MR) is 139 cm³/mol. The molecule has 174 valence electrons. The first-order valence-corrected chi connectivity index (χ1v) is 11.0. The molecule has 1 fully saturated rings. The summed E-state index contributed by atoms with van der Waals surface area (Å²) in [6.07, 6.45) is 1.81. The van der Waals surface area contributed by atoms with Crippen molar-refractivity contribution in [3.63, 3.8) is 0 Å². The Kier molecular flexibility index (Phi) is 9.22. The fraction of sp³-hybridized carbons (Fsp3) is 0.478. The molecule has 1 atom stereocenters. The van der Waals surface area contributed by atoms with Crippen molar-refractivity contribution in [1.82, 2.24) is 20.5 Å². The van der Waals surface area contributed by atoms with Gasteiger partial charge in [0.05, 0.1) is 13.1 Å². The Labute approximate surface area is 207 Å². The molecule has 0 amide bonds. The summed E-state index contributed by atoms with van der Waals surface area (Å²) in [5, 5.41) is 6.68. The number of guanidine groups is 1. The Bertz CT molecular complexity index is 888. The number of nitrogens with one attached hydrogen (secondary N) is 2. The molecular formula is C23H33IN6O2. The number of aliphatic imine (C=N–C) groups is 1. The van der Waals surface area contributed by atoms with Gasteiger partial charge in [-0.15, -0.1) is 24.0 Å². The van der Waals surface area contributed by atoms with Gasteiger partial charge in [-0.3, -0.25) is 0 Å². The maximum Gasteiger partial charge on any atom is 0.191 e. The second kappa shape index (κ2) is 12.1. The highest BCUT2D eigenvalue weighted by molar-refractivity contribution is 14.0. The number of hydrogen-bond donors (Lipinski definition) is 2. The van der Waals surface area contributed by atoms with Gasteiger partial charge < -0.3 is 29.9 Å².